The first-order valence-corrected chi connectivity index (χ1v) is 8.58. The zero-order chi connectivity index (χ0) is 18.7. The lowest BCUT2D eigenvalue weighted by molar-refractivity contribution is -0.189. The van der Waals surface area contributed by atoms with Gasteiger partial charge in [-0.3, -0.25) is 0 Å². The second-order valence-electron chi connectivity index (χ2n) is 6.35. The highest BCUT2D eigenvalue weighted by Crippen LogP contribution is 2.36. The average Bonchev–Trinajstić information content (AvgIpc) is 3.33. The van der Waals surface area contributed by atoms with Gasteiger partial charge in [0.15, 0.2) is 0 Å². The Balaban J connectivity index is 1.50. The largest absolute Gasteiger partial charge is 0.508 e. The van der Waals surface area contributed by atoms with Crippen molar-refractivity contribution in [3.63, 3.8) is 0 Å². The summed E-state index contributed by atoms with van der Waals surface area (Å²) >= 11 is 0. The van der Waals surface area contributed by atoms with Crippen molar-refractivity contribution in [1.82, 2.24) is 9.55 Å². The van der Waals surface area contributed by atoms with Gasteiger partial charge in [-0.2, -0.15) is 0 Å². The van der Waals surface area contributed by atoms with E-state index in [9.17, 15) is 9.50 Å². The van der Waals surface area contributed by atoms with E-state index in [-0.39, 0.29) is 24.3 Å². The first kappa shape index (κ1) is 17.5. The Morgan fingerprint density at radius 3 is 2.67 bits per heavy atom. The van der Waals surface area contributed by atoms with Gasteiger partial charge in [-0.1, -0.05) is 12.1 Å². The topological polar surface area (TPSA) is 65.7 Å². The fraction of sp³-hybridized carbons (Fsp3) is 0.250. The number of aromatic hydroxyl groups is 1. The van der Waals surface area contributed by atoms with E-state index < -0.39 is 5.79 Å². The highest BCUT2D eigenvalue weighted by atomic mass is 19.1. The fourth-order valence-electron chi connectivity index (χ4n) is 3.03. The lowest BCUT2D eigenvalue weighted by atomic mass is 10.1. The Morgan fingerprint density at radius 1 is 1.19 bits per heavy atom. The number of halogens is 1. The van der Waals surface area contributed by atoms with E-state index in [0.717, 1.165) is 5.56 Å². The van der Waals surface area contributed by atoms with Gasteiger partial charge in [-0.05, 0) is 36.4 Å². The van der Waals surface area contributed by atoms with Crippen molar-refractivity contribution in [3.05, 3.63) is 78.6 Å². The lowest BCUT2D eigenvalue weighted by Crippen LogP contribution is -2.34. The van der Waals surface area contributed by atoms with Crippen LogP contribution in [0.2, 0.25) is 0 Å². The molecule has 2 heterocycles. The van der Waals surface area contributed by atoms with Crippen LogP contribution in [0.15, 0.2) is 67.3 Å². The molecule has 2 unspecified atom stereocenters. The van der Waals surface area contributed by atoms with Gasteiger partial charge < -0.3 is 23.9 Å². The summed E-state index contributed by atoms with van der Waals surface area (Å²) in [4.78, 5) is 4.05. The van der Waals surface area contributed by atoms with Crippen LogP contribution in [0.4, 0.5) is 4.39 Å². The number of phenols is 1. The minimum Gasteiger partial charge on any atom is -0.508 e. The Bertz CT molecular complexity index is 868. The second-order valence-corrected chi connectivity index (χ2v) is 6.35. The summed E-state index contributed by atoms with van der Waals surface area (Å²) < 4.78 is 33.2. The Kier molecular flexibility index (Phi) is 4.79. The molecule has 4 rings (SSSR count). The molecular formula is C20H19FN2O4. The number of aromatic nitrogens is 2. The molecule has 1 N–H and O–H groups in total. The van der Waals surface area contributed by atoms with Crippen molar-refractivity contribution in [2.24, 2.45) is 0 Å². The standard InChI is InChI=1S/C20H19FN2O4/c21-16-3-1-15(2-4-16)20(13-23-10-9-22-14-23)26-12-19(27-20)11-25-18-7-5-17(24)6-8-18/h1-10,14,19,24H,11-13H2. The maximum Gasteiger partial charge on any atom is 0.214 e. The van der Waals surface area contributed by atoms with Gasteiger partial charge in [0.2, 0.25) is 5.79 Å². The van der Waals surface area contributed by atoms with E-state index in [4.69, 9.17) is 14.2 Å². The average molecular weight is 370 g/mol. The van der Waals surface area contributed by atoms with Gasteiger partial charge in [-0.15, -0.1) is 0 Å². The van der Waals surface area contributed by atoms with Crippen molar-refractivity contribution >= 4 is 0 Å². The summed E-state index contributed by atoms with van der Waals surface area (Å²) in [6, 6.07) is 12.6. The van der Waals surface area contributed by atoms with E-state index >= 15 is 0 Å². The first-order chi connectivity index (χ1) is 13.1. The molecule has 1 aromatic heterocycles. The molecule has 1 fully saturated rings. The van der Waals surface area contributed by atoms with E-state index in [0.29, 0.717) is 18.9 Å². The third kappa shape index (κ3) is 3.94. The summed E-state index contributed by atoms with van der Waals surface area (Å²) in [5, 5.41) is 9.34. The summed E-state index contributed by atoms with van der Waals surface area (Å²) in [7, 11) is 0. The predicted octanol–water partition coefficient (Wildman–Crippen LogP) is 3.08. The van der Waals surface area contributed by atoms with Crippen molar-refractivity contribution < 1.29 is 23.7 Å². The Labute approximate surface area is 155 Å². The van der Waals surface area contributed by atoms with E-state index in [1.807, 2.05) is 10.8 Å². The molecule has 1 aliphatic rings. The van der Waals surface area contributed by atoms with Crippen molar-refractivity contribution in [1.29, 1.82) is 0 Å². The van der Waals surface area contributed by atoms with Crippen LogP contribution in [-0.4, -0.2) is 34.0 Å². The van der Waals surface area contributed by atoms with E-state index in [2.05, 4.69) is 4.98 Å². The number of hydrogen-bond acceptors (Lipinski definition) is 5. The van der Waals surface area contributed by atoms with E-state index in [1.54, 1.807) is 48.9 Å². The molecule has 0 spiro atoms. The van der Waals surface area contributed by atoms with Crippen LogP contribution in [-0.2, 0) is 21.8 Å². The van der Waals surface area contributed by atoms with Gasteiger partial charge in [0.25, 0.3) is 0 Å². The molecule has 1 aliphatic heterocycles. The highest BCUT2D eigenvalue weighted by Gasteiger charge is 2.44. The van der Waals surface area contributed by atoms with Crippen LogP contribution < -0.4 is 4.74 Å². The molecular weight excluding hydrogens is 351 g/mol. The molecule has 0 aliphatic carbocycles. The monoisotopic (exact) mass is 370 g/mol. The maximum absolute atomic E-state index is 13.4. The maximum atomic E-state index is 13.4. The predicted molar refractivity (Wildman–Crippen MR) is 94.7 cm³/mol. The number of benzene rings is 2. The van der Waals surface area contributed by atoms with Gasteiger partial charge in [0, 0.05) is 18.0 Å². The summed E-state index contributed by atoms with van der Waals surface area (Å²) in [6.45, 7) is 1.01. The minimum absolute atomic E-state index is 0.179. The summed E-state index contributed by atoms with van der Waals surface area (Å²) in [5.74, 6) is -0.553. The van der Waals surface area contributed by atoms with Gasteiger partial charge in [0.1, 0.15) is 30.0 Å². The molecule has 140 valence electrons. The van der Waals surface area contributed by atoms with Crippen LogP contribution in [0.25, 0.3) is 0 Å². The SMILES string of the molecule is Oc1ccc(OCC2COC(Cn3ccnc3)(c3ccc(F)cc3)O2)cc1. The zero-order valence-electron chi connectivity index (χ0n) is 14.5. The Morgan fingerprint density at radius 2 is 1.96 bits per heavy atom. The smallest absolute Gasteiger partial charge is 0.214 e. The molecule has 1 saturated heterocycles. The normalized spacial score (nSPS) is 22.0. The number of hydrogen-bond donors (Lipinski definition) is 1. The van der Waals surface area contributed by atoms with Crippen LogP contribution in [0.5, 0.6) is 11.5 Å². The van der Waals surface area contributed by atoms with Crippen molar-refractivity contribution in [3.8, 4) is 11.5 Å². The number of nitrogens with zero attached hydrogens (tertiary/aromatic N) is 2. The molecule has 3 aromatic rings. The number of imidazole rings is 1. The van der Waals surface area contributed by atoms with E-state index in [1.165, 1.54) is 12.1 Å². The third-order valence-electron chi connectivity index (χ3n) is 4.37. The molecule has 2 aromatic carbocycles. The number of phenolic OH excluding ortho intramolecular Hbond substituents is 1. The molecule has 27 heavy (non-hydrogen) atoms. The Hall–Kier alpha value is -2.90. The van der Waals surface area contributed by atoms with Crippen LogP contribution >= 0.6 is 0 Å². The van der Waals surface area contributed by atoms with Gasteiger partial charge >= 0.3 is 0 Å². The van der Waals surface area contributed by atoms with Crippen LogP contribution in [0.3, 0.4) is 0 Å². The molecule has 6 nitrogen and oxygen atoms in total. The van der Waals surface area contributed by atoms with Crippen LogP contribution in [0.1, 0.15) is 5.56 Å². The molecule has 2 atom stereocenters. The number of rotatable bonds is 6. The van der Waals surface area contributed by atoms with Gasteiger partial charge in [-0.25, -0.2) is 9.37 Å². The lowest BCUT2D eigenvalue weighted by Gasteiger charge is -2.29. The third-order valence-corrected chi connectivity index (χ3v) is 4.37. The van der Waals surface area contributed by atoms with Crippen molar-refractivity contribution in [2.75, 3.05) is 13.2 Å². The summed E-state index contributed by atoms with van der Waals surface area (Å²) in [5.41, 5.74) is 0.727. The fourth-order valence-corrected chi connectivity index (χ4v) is 3.03. The highest BCUT2D eigenvalue weighted by molar-refractivity contribution is 5.30. The molecule has 0 saturated carbocycles. The molecule has 0 radical (unpaired) electrons. The summed E-state index contributed by atoms with van der Waals surface area (Å²) in [6.07, 6.45) is 4.88. The number of ether oxygens (including phenoxy) is 3. The zero-order valence-corrected chi connectivity index (χ0v) is 14.5. The molecule has 0 bridgehead atoms. The quantitative estimate of drug-likeness (QED) is 0.722. The first-order valence-electron chi connectivity index (χ1n) is 8.58. The minimum atomic E-state index is -1.04. The second kappa shape index (κ2) is 7.38. The van der Waals surface area contributed by atoms with Crippen molar-refractivity contribution in [2.45, 2.75) is 18.4 Å². The molecule has 0 amide bonds. The molecule has 7 heteroatoms. The van der Waals surface area contributed by atoms with Gasteiger partial charge in [0.05, 0.1) is 19.5 Å². The van der Waals surface area contributed by atoms with Crippen LogP contribution in [0, 0.1) is 5.82 Å².